The average Bonchev–Trinajstić information content (AvgIpc) is 3.19. The Hall–Kier alpha value is -3.79. The van der Waals surface area contributed by atoms with Gasteiger partial charge in [-0.25, -0.2) is 14.1 Å². The van der Waals surface area contributed by atoms with Crippen molar-refractivity contribution in [3.8, 4) is 5.75 Å². The van der Waals surface area contributed by atoms with E-state index in [4.69, 9.17) is 15.2 Å². The van der Waals surface area contributed by atoms with Gasteiger partial charge >= 0.3 is 0 Å². The van der Waals surface area contributed by atoms with E-state index >= 15 is 0 Å². The molecule has 32 heavy (non-hydrogen) atoms. The minimum atomic E-state index is -0.714. The number of hydrogen-bond acceptors (Lipinski definition) is 6. The monoisotopic (exact) mass is 439 g/mol. The molecule has 9 nitrogen and oxygen atoms in total. The lowest BCUT2D eigenvalue weighted by molar-refractivity contribution is -0.118. The number of carbonyl (C=O) groups excluding carboxylic acids is 2. The highest BCUT2D eigenvalue weighted by Gasteiger charge is 2.29. The second-order valence-corrected chi connectivity index (χ2v) is 7.17. The first-order valence-corrected chi connectivity index (χ1v) is 10.0. The molecule has 0 fully saturated rings. The van der Waals surface area contributed by atoms with Crippen molar-refractivity contribution in [1.29, 1.82) is 0 Å². The zero-order valence-electron chi connectivity index (χ0n) is 17.4. The van der Waals surface area contributed by atoms with E-state index in [1.165, 1.54) is 10.7 Å². The van der Waals surface area contributed by atoms with Crippen LogP contribution in [0.5, 0.6) is 5.75 Å². The molecule has 0 bridgehead atoms. The van der Waals surface area contributed by atoms with E-state index in [0.29, 0.717) is 37.6 Å². The summed E-state index contributed by atoms with van der Waals surface area (Å²) in [6, 6.07) is 13.9. The second-order valence-electron chi connectivity index (χ2n) is 7.17. The fraction of sp³-hybridized carbons (Fsp3) is 0.273. The highest BCUT2D eigenvalue weighted by Crippen LogP contribution is 2.30. The second kappa shape index (κ2) is 9.15. The summed E-state index contributed by atoms with van der Waals surface area (Å²) in [7, 11) is 1.77. The summed E-state index contributed by atoms with van der Waals surface area (Å²) in [6.07, 6.45) is -0.221. The van der Waals surface area contributed by atoms with Crippen molar-refractivity contribution in [2.75, 3.05) is 25.2 Å². The van der Waals surface area contributed by atoms with Crippen LogP contribution in [0, 0.1) is 5.82 Å². The van der Waals surface area contributed by atoms with Crippen molar-refractivity contribution in [1.82, 2.24) is 14.8 Å². The molecule has 3 heterocycles. The summed E-state index contributed by atoms with van der Waals surface area (Å²) in [5, 5.41) is 3.98. The molecule has 2 aromatic carbocycles. The first-order valence-electron chi connectivity index (χ1n) is 10.0. The first-order chi connectivity index (χ1) is 15.5. The van der Waals surface area contributed by atoms with Crippen molar-refractivity contribution in [3.05, 3.63) is 71.6 Å². The molecule has 1 unspecified atom stereocenters. The fourth-order valence-electron chi connectivity index (χ4n) is 3.47. The highest BCUT2D eigenvalue weighted by molar-refractivity contribution is 5.95. The number of halogens is 1. The number of nitrogens with zero attached hydrogens (tertiary/aromatic N) is 4. The van der Waals surface area contributed by atoms with Gasteiger partial charge < -0.3 is 20.1 Å². The Balaban J connectivity index is 0.000000165. The summed E-state index contributed by atoms with van der Waals surface area (Å²) in [6.45, 7) is 1.30. The summed E-state index contributed by atoms with van der Waals surface area (Å²) >= 11 is 0. The SMILES string of the molecule is CN1C(=O)CCOc2ccccc21.NC(=O)c1nc2n(n1)CCOC2c1ccccc1F. The lowest BCUT2D eigenvalue weighted by atomic mass is 10.1. The number of ether oxygens (including phenoxy) is 2. The van der Waals surface area contributed by atoms with Gasteiger partial charge in [-0.2, -0.15) is 0 Å². The van der Waals surface area contributed by atoms with Crippen LogP contribution in [0.2, 0.25) is 0 Å². The maximum Gasteiger partial charge on any atom is 0.288 e. The molecule has 0 saturated heterocycles. The Kier molecular flexibility index (Phi) is 6.13. The largest absolute Gasteiger partial charge is 0.491 e. The molecule has 3 aromatic rings. The molecule has 10 heteroatoms. The number of nitrogens with two attached hydrogens (primary N) is 1. The average molecular weight is 439 g/mol. The van der Waals surface area contributed by atoms with E-state index in [1.54, 1.807) is 30.1 Å². The number of anilines is 1. The molecule has 0 radical (unpaired) electrons. The molecule has 0 aliphatic carbocycles. The summed E-state index contributed by atoms with van der Waals surface area (Å²) in [5.41, 5.74) is 6.37. The molecule has 0 saturated carbocycles. The molecule has 2 N–H and O–H groups in total. The predicted octanol–water partition coefficient (Wildman–Crippen LogP) is 2.07. The van der Waals surface area contributed by atoms with E-state index < -0.39 is 12.0 Å². The van der Waals surface area contributed by atoms with Crippen LogP contribution in [0.4, 0.5) is 10.1 Å². The van der Waals surface area contributed by atoms with Gasteiger partial charge in [-0.3, -0.25) is 9.59 Å². The lowest BCUT2D eigenvalue weighted by Gasteiger charge is -2.23. The Labute approximate surface area is 183 Å². The van der Waals surface area contributed by atoms with Crippen molar-refractivity contribution in [2.24, 2.45) is 5.73 Å². The number of carbonyl (C=O) groups is 2. The fourth-order valence-corrected chi connectivity index (χ4v) is 3.47. The number of aromatic nitrogens is 3. The molecule has 0 spiro atoms. The van der Waals surface area contributed by atoms with Gasteiger partial charge in [0.2, 0.25) is 11.7 Å². The Bertz CT molecular complexity index is 1150. The van der Waals surface area contributed by atoms with Gasteiger partial charge in [0.15, 0.2) is 5.82 Å². The molecule has 2 amide bonds. The van der Waals surface area contributed by atoms with E-state index in [1.807, 2.05) is 24.3 Å². The van der Waals surface area contributed by atoms with Crippen LogP contribution in [0.3, 0.4) is 0 Å². The maximum atomic E-state index is 13.8. The number of amides is 2. The number of benzene rings is 2. The first kappa shape index (κ1) is 21.4. The molecule has 2 aliphatic rings. The minimum absolute atomic E-state index is 0.0816. The van der Waals surface area contributed by atoms with Crippen molar-refractivity contribution < 1.29 is 23.5 Å². The number of hydrogen-bond donors (Lipinski definition) is 1. The molecule has 1 atom stereocenters. The van der Waals surface area contributed by atoms with Crippen LogP contribution < -0.4 is 15.4 Å². The molecule has 166 valence electrons. The molecular weight excluding hydrogens is 417 g/mol. The van der Waals surface area contributed by atoms with Gasteiger partial charge in [0, 0.05) is 12.6 Å². The van der Waals surface area contributed by atoms with Gasteiger partial charge in [-0.15, -0.1) is 5.10 Å². The molecule has 5 rings (SSSR count). The zero-order valence-corrected chi connectivity index (χ0v) is 17.4. The van der Waals surface area contributed by atoms with Crippen LogP contribution in [0.15, 0.2) is 48.5 Å². The van der Waals surface area contributed by atoms with Crippen LogP contribution in [-0.2, 0) is 16.1 Å². The van der Waals surface area contributed by atoms with E-state index in [2.05, 4.69) is 10.1 Å². The third-order valence-electron chi connectivity index (χ3n) is 5.10. The van der Waals surface area contributed by atoms with E-state index in [-0.39, 0.29) is 17.5 Å². The van der Waals surface area contributed by atoms with Crippen molar-refractivity contribution in [2.45, 2.75) is 19.1 Å². The lowest BCUT2D eigenvalue weighted by Crippen LogP contribution is -2.24. The van der Waals surface area contributed by atoms with Gasteiger partial charge in [-0.05, 0) is 18.2 Å². The normalized spacial score (nSPS) is 17.2. The van der Waals surface area contributed by atoms with Crippen LogP contribution in [0.25, 0.3) is 0 Å². The Morgan fingerprint density at radius 3 is 2.69 bits per heavy atom. The predicted molar refractivity (Wildman–Crippen MR) is 113 cm³/mol. The Morgan fingerprint density at radius 1 is 1.16 bits per heavy atom. The highest BCUT2D eigenvalue weighted by atomic mass is 19.1. The Morgan fingerprint density at radius 2 is 1.91 bits per heavy atom. The number of fused-ring (bicyclic) bond motifs is 2. The standard InChI is InChI=1S/C12H11FN4O2.C10H11NO2/c13-8-4-2-1-3-7(8)9-12-15-11(10(14)18)16-17(12)5-6-19-9;1-11-8-4-2-3-5-9(8)13-7-6-10(11)12/h1-4,9H,5-6H2,(H2,14,18);2-5H,6-7H2,1H3. The van der Waals surface area contributed by atoms with E-state index in [0.717, 1.165) is 11.4 Å². The van der Waals surface area contributed by atoms with Gasteiger partial charge in [-0.1, -0.05) is 30.3 Å². The molecule has 2 aliphatic heterocycles. The van der Waals surface area contributed by atoms with Crippen LogP contribution in [0.1, 0.15) is 34.5 Å². The summed E-state index contributed by atoms with van der Waals surface area (Å²) in [4.78, 5) is 28.2. The van der Waals surface area contributed by atoms with E-state index in [9.17, 15) is 14.0 Å². The third kappa shape index (κ3) is 4.30. The topological polar surface area (TPSA) is 113 Å². The summed E-state index contributed by atoms with van der Waals surface area (Å²) in [5.74, 6) is 0.103. The number of primary amides is 1. The smallest absolute Gasteiger partial charge is 0.288 e. The van der Waals surface area contributed by atoms with Crippen molar-refractivity contribution in [3.63, 3.8) is 0 Å². The van der Waals surface area contributed by atoms with Gasteiger partial charge in [0.1, 0.15) is 17.7 Å². The van der Waals surface area contributed by atoms with Gasteiger partial charge in [0.25, 0.3) is 5.91 Å². The van der Waals surface area contributed by atoms with Crippen molar-refractivity contribution >= 4 is 17.5 Å². The third-order valence-corrected chi connectivity index (χ3v) is 5.10. The number of para-hydroxylation sites is 2. The number of rotatable bonds is 2. The molecule has 1 aromatic heterocycles. The molecular formula is C22H22FN5O4. The summed E-state index contributed by atoms with van der Waals surface area (Å²) < 4.78 is 26.3. The van der Waals surface area contributed by atoms with Crippen LogP contribution in [-0.4, -0.2) is 46.8 Å². The minimum Gasteiger partial charge on any atom is -0.491 e. The zero-order chi connectivity index (χ0) is 22.7. The van der Waals surface area contributed by atoms with Gasteiger partial charge in [0.05, 0.1) is 31.9 Å². The van der Waals surface area contributed by atoms with Crippen LogP contribution >= 0.6 is 0 Å². The maximum absolute atomic E-state index is 13.8. The quantitative estimate of drug-likeness (QED) is 0.654.